The molecule has 196 valence electrons. The molecule has 0 saturated heterocycles. The van der Waals surface area contributed by atoms with E-state index in [1.807, 2.05) is 74.5 Å². The average molecular weight is 521 g/mol. The number of furan rings is 1. The molecule has 1 fully saturated rings. The molecule has 0 radical (unpaired) electrons. The van der Waals surface area contributed by atoms with Crippen LogP contribution in [0.3, 0.4) is 0 Å². The fourth-order valence-corrected chi connectivity index (χ4v) is 4.91. The molecule has 1 aliphatic carbocycles. The second-order valence-corrected chi connectivity index (χ2v) is 10.2. The highest BCUT2D eigenvalue weighted by Gasteiger charge is 2.50. The summed E-state index contributed by atoms with van der Waals surface area (Å²) in [6.07, 6.45) is 1.53. The van der Waals surface area contributed by atoms with Crippen LogP contribution in [-0.4, -0.2) is 29.0 Å². The monoisotopic (exact) mass is 520 g/mol. The van der Waals surface area contributed by atoms with Crippen molar-refractivity contribution < 1.29 is 18.5 Å². The molecule has 5 aromatic rings. The molecule has 0 spiro atoms. The minimum Gasteiger partial charge on any atom is -0.455 e. The molecular weight excluding hydrogens is 492 g/mol. The van der Waals surface area contributed by atoms with Crippen LogP contribution in [0.15, 0.2) is 69.6 Å². The van der Waals surface area contributed by atoms with E-state index in [0.29, 0.717) is 39.6 Å². The van der Waals surface area contributed by atoms with Crippen LogP contribution in [0.4, 0.5) is 0 Å². The van der Waals surface area contributed by atoms with Crippen LogP contribution in [-0.2, 0) is 5.54 Å². The fraction of sp³-hybridized carbons (Fsp3) is 0.226. The maximum absolute atomic E-state index is 13.3. The molecule has 6 rings (SSSR count). The Morgan fingerprint density at radius 3 is 2.31 bits per heavy atom. The summed E-state index contributed by atoms with van der Waals surface area (Å²) in [5, 5.41) is 10.6. The van der Waals surface area contributed by atoms with E-state index in [1.165, 1.54) is 0 Å². The molecule has 8 nitrogen and oxygen atoms in total. The van der Waals surface area contributed by atoms with Gasteiger partial charge in [-0.3, -0.25) is 9.59 Å². The maximum atomic E-state index is 13.3. The first-order valence-corrected chi connectivity index (χ1v) is 12.9. The molecule has 2 heterocycles. The van der Waals surface area contributed by atoms with Crippen molar-refractivity contribution >= 4 is 22.8 Å². The van der Waals surface area contributed by atoms with Gasteiger partial charge in [-0.1, -0.05) is 47.1 Å². The second kappa shape index (κ2) is 9.23. The van der Waals surface area contributed by atoms with E-state index in [1.54, 1.807) is 14.0 Å². The molecule has 3 aromatic carbocycles. The molecule has 0 unspecified atom stereocenters. The van der Waals surface area contributed by atoms with Crippen LogP contribution in [0.2, 0.25) is 0 Å². The van der Waals surface area contributed by atoms with Crippen molar-refractivity contribution in [1.82, 2.24) is 20.8 Å². The third-order valence-corrected chi connectivity index (χ3v) is 7.33. The van der Waals surface area contributed by atoms with Crippen molar-refractivity contribution in [3.05, 3.63) is 94.6 Å². The van der Waals surface area contributed by atoms with E-state index in [2.05, 4.69) is 20.8 Å². The van der Waals surface area contributed by atoms with Gasteiger partial charge in [0, 0.05) is 30.5 Å². The number of hydrogen-bond acceptors (Lipinski definition) is 6. The van der Waals surface area contributed by atoms with Gasteiger partial charge in [0.2, 0.25) is 5.89 Å². The van der Waals surface area contributed by atoms with Crippen molar-refractivity contribution in [1.29, 1.82) is 0 Å². The van der Waals surface area contributed by atoms with Crippen LogP contribution in [0.5, 0.6) is 0 Å². The summed E-state index contributed by atoms with van der Waals surface area (Å²) in [5.41, 5.74) is 5.78. The lowest BCUT2D eigenvalue weighted by molar-refractivity contribution is 0.0926. The zero-order valence-electron chi connectivity index (χ0n) is 22.2. The Kier molecular flexibility index (Phi) is 5.83. The first-order chi connectivity index (χ1) is 18.8. The Hall–Kier alpha value is -4.72. The highest BCUT2D eigenvalue weighted by atomic mass is 16.5. The van der Waals surface area contributed by atoms with Crippen molar-refractivity contribution in [3.8, 4) is 22.5 Å². The standard InChI is InChI=1S/C31H28N4O4/c1-17-5-8-20(9-6-17)27-26(29(37)32-4)24-15-21(11-12-25(24)38-27)23-16-22(10-7-18(23)2)28(36)34-31(13-14-31)30-33-19(3)39-35-30/h5-12,15-16H,13-14H2,1-4H3,(H,32,37)(H,34,36). The molecular formula is C31H28N4O4. The number of fused-ring (bicyclic) bond motifs is 1. The predicted octanol–water partition coefficient (Wildman–Crippen LogP) is 5.85. The Balaban J connectivity index is 1.38. The largest absolute Gasteiger partial charge is 0.455 e. The van der Waals surface area contributed by atoms with Crippen LogP contribution < -0.4 is 10.6 Å². The molecule has 1 aliphatic rings. The molecule has 0 bridgehead atoms. The van der Waals surface area contributed by atoms with E-state index in [9.17, 15) is 9.59 Å². The molecule has 0 aliphatic heterocycles. The Morgan fingerprint density at radius 2 is 1.64 bits per heavy atom. The van der Waals surface area contributed by atoms with E-state index in [4.69, 9.17) is 8.94 Å². The van der Waals surface area contributed by atoms with Gasteiger partial charge in [0.05, 0.1) is 5.56 Å². The van der Waals surface area contributed by atoms with Gasteiger partial charge in [0.25, 0.3) is 11.8 Å². The van der Waals surface area contributed by atoms with E-state index >= 15 is 0 Å². The lowest BCUT2D eigenvalue weighted by Crippen LogP contribution is -2.35. The summed E-state index contributed by atoms with van der Waals surface area (Å²) in [5.74, 6) is 1.08. The topological polar surface area (TPSA) is 110 Å². The number of hydrogen-bond donors (Lipinski definition) is 2. The van der Waals surface area contributed by atoms with Crippen molar-refractivity contribution in [2.75, 3.05) is 7.05 Å². The van der Waals surface area contributed by atoms with Crippen molar-refractivity contribution in [2.24, 2.45) is 0 Å². The Labute approximate surface area is 225 Å². The van der Waals surface area contributed by atoms with Gasteiger partial charge in [0.15, 0.2) is 5.82 Å². The first-order valence-electron chi connectivity index (χ1n) is 12.9. The third kappa shape index (κ3) is 4.37. The number of nitrogens with zero attached hydrogens (tertiary/aromatic N) is 2. The molecule has 2 aromatic heterocycles. The fourth-order valence-electron chi connectivity index (χ4n) is 4.91. The first kappa shape index (κ1) is 24.6. The van der Waals surface area contributed by atoms with Crippen LogP contribution in [0.25, 0.3) is 33.4 Å². The van der Waals surface area contributed by atoms with Gasteiger partial charge in [-0.05, 0) is 67.6 Å². The van der Waals surface area contributed by atoms with Gasteiger partial charge in [-0.2, -0.15) is 4.98 Å². The quantitative estimate of drug-likeness (QED) is 0.290. The SMILES string of the molecule is CNC(=O)c1c(-c2ccc(C)cc2)oc2ccc(-c3cc(C(=O)NC4(c5noc(C)n5)CC4)ccc3C)cc12. The minimum absolute atomic E-state index is 0.201. The Morgan fingerprint density at radius 1 is 0.897 bits per heavy atom. The van der Waals surface area contributed by atoms with Gasteiger partial charge >= 0.3 is 0 Å². The molecule has 0 atom stereocenters. The highest BCUT2D eigenvalue weighted by molar-refractivity contribution is 6.12. The second-order valence-electron chi connectivity index (χ2n) is 10.2. The van der Waals surface area contributed by atoms with E-state index < -0.39 is 5.54 Å². The number of rotatable bonds is 6. The van der Waals surface area contributed by atoms with Gasteiger partial charge in [-0.15, -0.1) is 0 Å². The zero-order valence-corrected chi connectivity index (χ0v) is 22.2. The lowest BCUT2D eigenvalue weighted by atomic mass is 9.95. The number of amides is 2. The zero-order chi connectivity index (χ0) is 27.3. The normalized spacial score (nSPS) is 13.8. The predicted molar refractivity (Wildman–Crippen MR) is 147 cm³/mol. The van der Waals surface area contributed by atoms with Crippen LogP contribution in [0.1, 0.15) is 56.4 Å². The summed E-state index contributed by atoms with van der Waals surface area (Å²) in [4.78, 5) is 30.6. The van der Waals surface area contributed by atoms with Crippen LogP contribution in [0, 0.1) is 20.8 Å². The summed E-state index contributed by atoms with van der Waals surface area (Å²) in [6.45, 7) is 5.75. The number of carbonyl (C=O) groups excluding carboxylic acids is 2. The van der Waals surface area contributed by atoms with Gasteiger partial charge in [0.1, 0.15) is 16.9 Å². The number of aromatic nitrogens is 2. The van der Waals surface area contributed by atoms with Gasteiger partial charge < -0.3 is 19.6 Å². The lowest BCUT2D eigenvalue weighted by Gasteiger charge is -2.15. The number of aryl methyl sites for hydroxylation is 3. The van der Waals surface area contributed by atoms with Crippen molar-refractivity contribution in [2.45, 2.75) is 39.2 Å². The number of benzene rings is 3. The van der Waals surface area contributed by atoms with Crippen LogP contribution >= 0.6 is 0 Å². The van der Waals surface area contributed by atoms with E-state index in [-0.39, 0.29) is 11.8 Å². The summed E-state index contributed by atoms with van der Waals surface area (Å²) in [6, 6.07) is 19.3. The Bertz CT molecular complexity index is 1740. The summed E-state index contributed by atoms with van der Waals surface area (Å²) >= 11 is 0. The average Bonchev–Trinajstić information content (AvgIpc) is 3.40. The maximum Gasteiger partial charge on any atom is 0.255 e. The molecule has 1 saturated carbocycles. The number of nitrogens with one attached hydrogen (secondary N) is 2. The molecule has 2 N–H and O–H groups in total. The minimum atomic E-state index is -0.579. The third-order valence-electron chi connectivity index (χ3n) is 7.33. The molecule has 8 heteroatoms. The summed E-state index contributed by atoms with van der Waals surface area (Å²) < 4.78 is 11.3. The number of carbonyl (C=O) groups is 2. The smallest absolute Gasteiger partial charge is 0.255 e. The molecule has 2 amide bonds. The van der Waals surface area contributed by atoms with Crippen molar-refractivity contribution in [3.63, 3.8) is 0 Å². The molecule has 39 heavy (non-hydrogen) atoms. The van der Waals surface area contributed by atoms with E-state index in [0.717, 1.165) is 40.7 Å². The summed E-state index contributed by atoms with van der Waals surface area (Å²) in [7, 11) is 1.61. The van der Waals surface area contributed by atoms with Gasteiger partial charge in [-0.25, -0.2) is 0 Å². The highest BCUT2D eigenvalue weighted by Crippen LogP contribution is 2.44.